The van der Waals surface area contributed by atoms with E-state index in [0.717, 1.165) is 19.4 Å². The normalized spacial score (nSPS) is 20.8. The largest absolute Gasteiger partial charge is 0.370 e. The van der Waals surface area contributed by atoms with Crippen LogP contribution in [0.5, 0.6) is 0 Å². The van der Waals surface area contributed by atoms with Crippen LogP contribution in [0.4, 0.5) is 0 Å². The molecule has 0 saturated carbocycles. The minimum absolute atomic E-state index is 0. The molecular formula is C10H18ClN3O2. The summed E-state index contributed by atoms with van der Waals surface area (Å²) in [6.45, 7) is 5.24. The van der Waals surface area contributed by atoms with Gasteiger partial charge in [-0.2, -0.15) is 4.98 Å². The summed E-state index contributed by atoms with van der Waals surface area (Å²) in [6, 6.07) is 0. The van der Waals surface area contributed by atoms with E-state index < -0.39 is 0 Å². The Balaban J connectivity index is 0.00000128. The number of nitrogens with two attached hydrogens (primary N) is 1. The SMILES string of the molecule is CC(C)(CN)c1nc(C2CCCO2)no1.Cl. The van der Waals surface area contributed by atoms with Gasteiger partial charge in [0.2, 0.25) is 11.7 Å². The molecule has 0 aromatic carbocycles. The first kappa shape index (κ1) is 13.4. The third kappa shape index (κ3) is 2.53. The van der Waals surface area contributed by atoms with Crippen LogP contribution in [-0.2, 0) is 10.2 Å². The summed E-state index contributed by atoms with van der Waals surface area (Å²) in [5.74, 6) is 1.25. The van der Waals surface area contributed by atoms with Gasteiger partial charge in [0, 0.05) is 13.2 Å². The number of rotatable bonds is 3. The molecule has 1 aliphatic rings. The summed E-state index contributed by atoms with van der Waals surface area (Å²) in [5, 5.41) is 3.95. The highest BCUT2D eigenvalue weighted by atomic mass is 35.5. The van der Waals surface area contributed by atoms with Crippen molar-refractivity contribution in [3.8, 4) is 0 Å². The van der Waals surface area contributed by atoms with Gasteiger partial charge in [-0.05, 0) is 26.7 Å². The van der Waals surface area contributed by atoms with Gasteiger partial charge >= 0.3 is 0 Å². The zero-order valence-corrected chi connectivity index (χ0v) is 10.4. The first-order valence-electron chi connectivity index (χ1n) is 5.29. The Labute approximate surface area is 101 Å². The Morgan fingerprint density at radius 1 is 1.50 bits per heavy atom. The molecule has 1 aromatic heterocycles. The topological polar surface area (TPSA) is 74.2 Å². The van der Waals surface area contributed by atoms with Crippen LogP contribution in [0.25, 0.3) is 0 Å². The Bertz CT molecular complexity index is 335. The molecule has 2 N–H and O–H groups in total. The number of nitrogens with zero attached hydrogens (tertiary/aromatic N) is 2. The lowest BCUT2D eigenvalue weighted by molar-refractivity contribution is 0.103. The van der Waals surface area contributed by atoms with Gasteiger partial charge in [0.1, 0.15) is 6.10 Å². The third-order valence-electron chi connectivity index (χ3n) is 2.75. The highest BCUT2D eigenvalue weighted by Crippen LogP contribution is 2.28. The van der Waals surface area contributed by atoms with Crippen molar-refractivity contribution >= 4 is 12.4 Å². The molecule has 1 saturated heterocycles. The van der Waals surface area contributed by atoms with Crippen LogP contribution in [-0.4, -0.2) is 23.3 Å². The van der Waals surface area contributed by atoms with Crippen molar-refractivity contribution < 1.29 is 9.26 Å². The molecule has 1 aliphatic heterocycles. The zero-order chi connectivity index (χ0) is 10.9. The lowest BCUT2D eigenvalue weighted by atomic mass is 9.94. The van der Waals surface area contributed by atoms with E-state index in [1.807, 2.05) is 13.8 Å². The van der Waals surface area contributed by atoms with Crippen LogP contribution >= 0.6 is 12.4 Å². The van der Waals surface area contributed by atoms with Crippen LogP contribution in [0.1, 0.15) is 44.5 Å². The molecule has 6 heteroatoms. The summed E-state index contributed by atoms with van der Waals surface area (Å²) in [4.78, 5) is 4.35. The molecule has 1 fully saturated rings. The summed E-state index contributed by atoms with van der Waals surface area (Å²) < 4.78 is 10.7. The quantitative estimate of drug-likeness (QED) is 0.878. The molecule has 2 rings (SSSR count). The number of hydrogen-bond donors (Lipinski definition) is 1. The van der Waals surface area contributed by atoms with Gasteiger partial charge in [0.25, 0.3) is 0 Å². The molecule has 5 nitrogen and oxygen atoms in total. The van der Waals surface area contributed by atoms with Gasteiger partial charge in [-0.3, -0.25) is 0 Å². The smallest absolute Gasteiger partial charge is 0.233 e. The highest BCUT2D eigenvalue weighted by molar-refractivity contribution is 5.85. The van der Waals surface area contributed by atoms with Crippen molar-refractivity contribution in [2.24, 2.45) is 5.73 Å². The summed E-state index contributed by atoms with van der Waals surface area (Å²) in [5.41, 5.74) is 5.38. The fourth-order valence-corrected chi connectivity index (χ4v) is 1.51. The number of ether oxygens (including phenoxy) is 1. The van der Waals surface area contributed by atoms with Gasteiger partial charge in [-0.25, -0.2) is 0 Å². The molecule has 0 aliphatic carbocycles. The van der Waals surface area contributed by atoms with Crippen LogP contribution in [0.3, 0.4) is 0 Å². The fourth-order valence-electron chi connectivity index (χ4n) is 1.51. The molecule has 1 unspecified atom stereocenters. The minimum Gasteiger partial charge on any atom is -0.370 e. The average molecular weight is 248 g/mol. The van der Waals surface area contributed by atoms with Crippen LogP contribution < -0.4 is 5.73 Å². The molecule has 0 bridgehead atoms. The van der Waals surface area contributed by atoms with Crippen molar-refractivity contribution in [2.75, 3.05) is 13.2 Å². The van der Waals surface area contributed by atoms with E-state index in [9.17, 15) is 0 Å². The average Bonchev–Trinajstić information content (AvgIpc) is 2.88. The van der Waals surface area contributed by atoms with Crippen molar-refractivity contribution in [1.29, 1.82) is 0 Å². The van der Waals surface area contributed by atoms with Gasteiger partial charge in [0.05, 0.1) is 5.41 Å². The summed E-state index contributed by atoms with van der Waals surface area (Å²) >= 11 is 0. The second-order valence-corrected chi connectivity index (χ2v) is 4.55. The van der Waals surface area contributed by atoms with Crippen LogP contribution in [0, 0.1) is 0 Å². The van der Waals surface area contributed by atoms with E-state index in [4.69, 9.17) is 15.0 Å². The second kappa shape index (κ2) is 5.12. The van der Waals surface area contributed by atoms with Crippen molar-refractivity contribution in [3.63, 3.8) is 0 Å². The van der Waals surface area contributed by atoms with E-state index >= 15 is 0 Å². The third-order valence-corrected chi connectivity index (χ3v) is 2.75. The molecule has 2 heterocycles. The Kier molecular flexibility index (Phi) is 4.29. The highest BCUT2D eigenvalue weighted by Gasteiger charge is 2.29. The first-order chi connectivity index (χ1) is 7.13. The van der Waals surface area contributed by atoms with Crippen LogP contribution in [0.2, 0.25) is 0 Å². The maximum Gasteiger partial charge on any atom is 0.233 e. The van der Waals surface area contributed by atoms with Crippen molar-refractivity contribution in [2.45, 2.75) is 38.2 Å². The van der Waals surface area contributed by atoms with E-state index in [1.165, 1.54) is 0 Å². The van der Waals surface area contributed by atoms with E-state index in [0.29, 0.717) is 18.3 Å². The van der Waals surface area contributed by atoms with Gasteiger partial charge in [-0.1, -0.05) is 5.16 Å². The Hall–Kier alpha value is -0.650. The molecule has 92 valence electrons. The fraction of sp³-hybridized carbons (Fsp3) is 0.800. The molecule has 0 radical (unpaired) electrons. The minimum atomic E-state index is -0.260. The Morgan fingerprint density at radius 2 is 2.25 bits per heavy atom. The van der Waals surface area contributed by atoms with Crippen LogP contribution in [0.15, 0.2) is 4.52 Å². The lowest BCUT2D eigenvalue weighted by Crippen LogP contribution is -2.28. The number of hydrogen-bond acceptors (Lipinski definition) is 5. The van der Waals surface area contributed by atoms with Crippen molar-refractivity contribution in [1.82, 2.24) is 10.1 Å². The van der Waals surface area contributed by atoms with Gasteiger partial charge in [-0.15, -0.1) is 12.4 Å². The zero-order valence-electron chi connectivity index (χ0n) is 9.60. The van der Waals surface area contributed by atoms with Gasteiger partial charge < -0.3 is 15.0 Å². The molecule has 1 aromatic rings. The summed E-state index contributed by atoms with van der Waals surface area (Å²) in [6.07, 6.45) is 2.05. The van der Waals surface area contributed by atoms with E-state index in [-0.39, 0.29) is 23.9 Å². The number of halogens is 1. The predicted octanol–water partition coefficient (Wildman–Crippen LogP) is 1.58. The molecule has 0 spiro atoms. The Morgan fingerprint density at radius 3 is 2.81 bits per heavy atom. The standard InChI is InChI=1S/C10H17N3O2.ClH/c1-10(2,6-11)9-12-8(13-15-9)7-4-3-5-14-7;/h7H,3-6,11H2,1-2H3;1H. The molecule has 16 heavy (non-hydrogen) atoms. The predicted molar refractivity (Wildman–Crippen MR) is 61.6 cm³/mol. The number of aromatic nitrogens is 2. The maximum absolute atomic E-state index is 5.64. The molecule has 1 atom stereocenters. The van der Waals surface area contributed by atoms with E-state index in [1.54, 1.807) is 0 Å². The monoisotopic (exact) mass is 247 g/mol. The second-order valence-electron chi connectivity index (χ2n) is 4.55. The maximum atomic E-state index is 5.64. The van der Waals surface area contributed by atoms with E-state index in [2.05, 4.69) is 10.1 Å². The lowest BCUT2D eigenvalue weighted by Gasteiger charge is -2.15. The first-order valence-corrected chi connectivity index (χ1v) is 5.29. The van der Waals surface area contributed by atoms with Gasteiger partial charge in [0.15, 0.2) is 0 Å². The summed E-state index contributed by atoms with van der Waals surface area (Å²) in [7, 11) is 0. The molecular weight excluding hydrogens is 230 g/mol. The molecule has 0 amide bonds. The van der Waals surface area contributed by atoms with Crippen molar-refractivity contribution in [3.05, 3.63) is 11.7 Å².